The summed E-state index contributed by atoms with van der Waals surface area (Å²) in [6.45, 7) is 0. The van der Waals surface area contributed by atoms with E-state index in [-0.39, 0.29) is 0 Å². The molecule has 0 radical (unpaired) electrons. The van der Waals surface area contributed by atoms with Gasteiger partial charge >= 0.3 is 0 Å². The van der Waals surface area contributed by atoms with Crippen molar-refractivity contribution in [2.75, 3.05) is 7.05 Å². The van der Waals surface area contributed by atoms with Crippen LogP contribution in [0.15, 0.2) is 34.7 Å². The van der Waals surface area contributed by atoms with Gasteiger partial charge in [0.05, 0.1) is 0 Å². The van der Waals surface area contributed by atoms with Crippen LogP contribution in [0.1, 0.15) is 43.8 Å². The van der Waals surface area contributed by atoms with Crippen LogP contribution in [-0.2, 0) is 0 Å². The first-order valence-electron chi connectivity index (χ1n) is 7.02. The summed E-state index contributed by atoms with van der Waals surface area (Å²) in [5.41, 5.74) is 1.03. The standard InChI is InChI=1S/C16H21NO/c1-17-14-8-4-2-6-12(10-14)16-11-13-7-3-5-9-15(13)18-16/h3,5,7,9,11-12,14,17H,2,4,6,8,10H2,1H3. The van der Waals surface area contributed by atoms with Gasteiger partial charge in [-0.25, -0.2) is 0 Å². The highest BCUT2D eigenvalue weighted by Crippen LogP contribution is 2.34. The molecule has 1 fully saturated rings. The third-order valence-electron chi connectivity index (χ3n) is 4.18. The highest BCUT2D eigenvalue weighted by molar-refractivity contribution is 5.77. The first-order valence-corrected chi connectivity index (χ1v) is 7.02. The van der Waals surface area contributed by atoms with E-state index >= 15 is 0 Å². The molecule has 18 heavy (non-hydrogen) atoms. The Labute approximate surface area is 108 Å². The zero-order valence-electron chi connectivity index (χ0n) is 11.0. The minimum Gasteiger partial charge on any atom is -0.461 e. The maximum Gasteiger partial charge on any atom is 0.134 e. The van der Waals surface area contributed by atoms with E-state index in [1.54, 1.807) is 0 Å². The Morgan fingerprint density at radius 1 is 1.17 bits per heavy atom. The lowest BCUT2D eigenvalue weighted by Gasteiger charge is -2.17. The fourth-order valence-electron chi connectivity index (χ4n) is 3.08. The van der Waals surface area contributed by atoms with Crippen LogP contribution in [-0.4, -0.2) is 13.1 Å². The Morgan fingerprint density at radius 2 is 2.00 bits per heavy atom. The smallest absolute Gasteiger partial charge is 0.134 e. The lowest BCUT2D eigenvalue weighted by molar-refractivity contribution is 0.417. The quantitative estimate of drug-likeness (QED) is 0.804. The molecule has 1 aromatic carbocycles. The molecular formula is C16H21NO. The summed E-state index contributed by atoms with van der Waals surface area (Å²) < 4.78 is 6.03. The molecule has 1 heterocycles. The largest absolute Gasteiger partial charge is 0.461 e. The summed E-state index contributed by atoms with van der Waals surface area (Å²) in [4.78, 5) is 0. The summed E-state index contributed by atoms with van der Waals surface area (Å²) in [5, 5.41) is 4.67. The highest BCUT2D eigenvalue weighted by Gasteiger charge is 2.23. The van der Waals surface area contributed by atoms with Crippen molar-refractivity contribution in [1.29, 1.82) is 0 Å². The van der Waals surface area contributed by atoms with Gasteiger partial charge < -0.3 is 9.73 Å². The zero-order valence-corrected chi connectivity index (χ0v) is 11.0. The molecule has 1 aromatic heterocycles. The molecule has 3 rings (SSSR count). The monoisotopic (exact) mass is 243 g/mol. The predicted molar refractivity (Wildman–Crippen MR) is 74.9 cm³/mol. The third-order valence-corrected chi connectivity index (χ3v) is 4.18. The Morgan fingerprint density at radius 3 is 2.83 bits per heavy atom. The van der Waals surface area contributed by atoms with E-state index in [9.17, 15) is 0 Å². The lowest BCUT2D eigenvalue weighted by atomic mass is 9.95. The van der Waals surface area contributed by atoms with Crippen molar-refractivity contribution >= 4 is 11.0 Å². The zero-order chi connectivity index (χ0) is 12.4. The van der Waals surface area contributed by atoms with Crippen LogP contribution in [0.2, 0.25) is 0 Å². The van der Waals surface area contributed by atoms with Crippen molar-refractivity contribution in [1.82, 2.24) is 5.32 Å². The van der Waals surface area contributed by atoms with Gasteiger partial charge in [0.25, 0.3) is 0 Å². The number of para-hydroxylation sites is 1. The van der Waals surface area contributed by atoms with Gasteiger partial charge in [-0.3, -0.25) is 0 Å². The molecule has 1 aliphatic carbocycles. The fraction of sp³-hybridized carbons (Fsp3) is 0.500. The van der Waals surface area contributed by atoms with Gasteiger partial charge in [-0.1, -0.05) is 31.0 Å². The van der Waals surface area contributed by atoms with Crippen LogP contribution in [0.4, 0.5) is 0 Å². The summed E-state index contributed by atoms with van der Waals surface area (Å²) in [7, 11) is 2.08. The van der Waals surface area contributed by atoms with Crippen molar-refractivity contribution in [2.45, 2.75) is 44.1 Å². The molecule has 0 amide bonds. The second kappa shape index (κ2) is 5.15. The maximum atomic E-state index is 6.03. The summed E-state index contributed by atoms with van der Waals surface area (Å²) in [6.07, 6.45) is 6.42. The van der Waals surface area contributed by atoms with Gasteiger partial charge in [0.2, 0.25) is 0 Å². The van der Waals surface area contributed by atoms with Crippen LogP contribution in [0.3, 0.4) is 0 Å². The average Bonchev–Trinajstić information content (AvgIpc) is 2.69. The Kier molecular flexibility index (Phi) is 3.37. The predicted octanol–water partition coefficient (Wildman–Crippen LogP) is 4.07. The number of furan rings is 1. The topological polar surface area (TPSA) is 25.2 Å². The number of fused-ring (bicyclic) bond motifs is 1. The molecular weight excluding hydrogens is 222 g/mol. The van der Waals surface area contributed by atoms with Crippen LogP contribution >= 0.6 is 0 Å². The van der Waals surface area contributed by atoms with E-state index in [2.05, 4.69) is 36.6 Å². The van der Waals surface area contributed by atoms with Crippen LogP contribution in [0, 0.1) is 0 Å². The van der Waals surface area contributed by atoms with E-state index < -0.39 is 0 Å². The molecule has 1 aliphatic rings. The number of rotatable bonds is 2. The molecule has 0 saturated heterocycles. The molecule has 2 atom stereocenters. The van der Waals surface area contributed by atoms with E-state index in [1.807, 2.05) is 6.07 Å². The average molecular weight is 243 g/mol. The lowest BCUT2D eigenvalue weighted by Crippen LogP contribution is -2.25. The van der Waals surface area contributed by atoms with Crippen LogP contribution in [0.5, 0.6) is 0 Å². The third kappa shape index (κ3) is 2.30. The minimum atomic E-state index is 0.581. The molecule has 0 aliphatic heterocycles. The highest BCUT2D eigenvalue weighted by atomic mass is 16.3. The second-order valence-corrected chi connectivity index (χ2v) is 5.39. The normalized spacial score (nSPS) is 25.2. The fourth-order valence-corrected chi connectivity index (χ4v) is 3.08. The van der Waals surface area contributed by atoms with Gasteiger partial charge in [0.1, 0.15) is 11.3 Å². The van der Waals surface area contributed by atoms with Gasteiger partial charge in [-0.2, -0.15) is 0 Å². The molecule has 2 nitrogen and oxygen atoms in total. The molecule has 2 heteroatoms. The molecule has 0 bridgehead atoms. The summed E-state index contributed by atoms with van der Waals surface area (Å²) in [6, 6.07) is 11.2. The van der Waals surface area contributed by atoms with Gasteiger partial charge in [0, 0.05) is 17.3 Å². The Hall–Kier alpha value is -1.28. The number of hydrogen-bond acceptors (Lipinski definition) is 2. The number of hydrogen-bond donors (Lipinski definition) is 1. The van der Waals surface area contributed by atoms with E-state index in [1.165, 1.54) is 43.3 Å². The van der Waals surface area contributed by atoms with Crippen LogP contribution < -0.4 is 5.32 Å². The number of nitrogens with one attached hydrogen (secondary N) is 1. The van der Waals surface area contributed by atoms with Gasteiger partial charge in [-0.15, -0.1) is 0 Å². The molecule has 96 valence electrons. The molecule has 1 N–H and O–H groups in total. The molecule has 2 unspecified atom stereocenters. The van der Waals surface area contributed by atoms with E-state index in [0.29, 0.717) is 12.0 Å². The van der Waals surface area contributed by atoms with E-state index in [0.717, 1.165) is 5.58 Å². The Balaban J connectivity index is 1.87. The number of benzene rings is 1. The van der Waals surface area contributed by atoms with E-state index in [4.69, 9.17) is 4.42 Å². The van der Waals surface area contributed by atoms with Gasteiger partial charge in [0.15, 0.2) is 0 Å². The van der Waals surface area contributed by atoms with Crippen molar-refractivity contribution < 1.29 is 4.42 Å². The first kappa shape index (κ1) is 11.8. The van der Waals surface area contributed by atoms with Crippen molar-refractivity contribution in [3.63, 3.8) is 0 Å². The molecule has 2 aromatic rings. The van der Waals surface area contributed by atoms with Crippen molar-refractivity contribution in [3.05, 3.63) is 36.1 Å². The first-order chi connectivity index (χ1) is 8.86. The molecule has 1 saturated carbocycles. The molecule has 0 spiro atoms. The second-order valence-electron chi connectivity index (χ2n) is 5.39. The Bertz CT molecular complexity index is 484. The van der Waals surface area contributed by atoms with Crippen molar-refractivity contribution in [3.8, 4) is 0 Å². The minimum absolute atomic E-state index is 0.581. The maximum absolute atomic E-state index is 6.03. The summed E-state index contributed by atoms with van der Waals surface area (Å²) in [5.74, 6) is 1.76. The summed E-state index contributed by atoms with van der Waals surface area (Å²) >= 11 is 0. The van der Waals surface area contributed by atoms with Crippen LogP contribution in [0.25, 0.3) is 11.0 Å². The SMILES string of the molecule is CNC1CCCCC(c2cc3ccccc3o2)C1. The van der Waals surface area contributed by atoms with Gasteiger partial charge in [-0.05, 0) is 38.4 Å². The van der Waals surface area contributed by atoms with Crippen molar-refractivity contribution in [2.24, 2.45) is 0 Å².